The van der Waals surface area contributed by atoms with E-state index in [0.29, 0.717) is 5.92 Å². The van der Waals surface area contributed by atoms with Gasteiger partial charge in [0.2, 0.25) is 5.91 Å². The predicted octanol–water partition coefficient (Wildman–Crippen LogP) is 0.320. The largest absolute Gasteiger partial charge is 0.359 e. The van der Waals surface area contributed by atoms with Gasteiger partial charge in [0.05, 0.1) is 5.92 Å². The van der Waals surface area contributed by atoms with Gasteiger partial charge in [-0.15, -0.1) is 0 Å². The Morgan fingerprint density at radius 3 is 2.67 bits per heavy atom. The molecule has 0 unspecified atom stereocenters. The third-order valence-corrected chi connectivity index (χ3v) is 2.72. The van der Waals surface area contributed by atoms with Crippen LogP contribution in [0.5, 0.6) is 0 Å². The minimum Gasteiger partial charge on any atom is -0.359 e. The van der Waals surface area contributed by atoms with Gasteiger partial charge >= 0.3 is 0 Å². The number of likely N-dealkylation sites (tertiary alicyclic amines) is 1. The lowest BCUT2D eigenvalue weighted by Crippen LogP contribution is -2.32. The standard InChI is InChI=1S/C9H18N2O/c1-4-11-5-7(2)8(6-11)9(12)10-3/h7-8H,4-6H2,1-3H3,(H,10,12)/t7-,8-/m1/s1. The SMILES string of the molecule is CCN1C[C@@H](C)[C@H](C(=O)NC)C1. The minimum atomic E-state index is 0.193. The number of carbonyl (C=O) groups excluding carboxylic acids is 1. The Morgan fingerprint density at radius 1 is 1.58 bits per heavy atom. The highest BCUT2D eigenvalue weighted by Crippen LogP contribution is 2.22. The van der Waals surface area contributed by atoms with E-state index in [-0.39, 0.29) is 11.8 Å². The molecule has 0 saturated carbocycles. The predicted molar refractivity (Wildman–Crippen MR) is 48.8 cm³/mol. The van der Waals surface area contributed by atoms with Gasteiger partial charge in [-0.3, -0.25) is 4.79 Å². The molecule has 0 aromatic heterocycles. The van der Waals surface area contributed by atoms with Crippen LogP contribution in [0.1, 0.15) is 13.8 Å². The molecule has 1 fully saturated rings. The van der Waals surface area contributed by atoms with E-state index in [1.165, 1.54) is 0 Å². The summed E-state index contributed by atoms with van der Waals surface area (Å²) in [7, 11) is 1.71. The topological polar surface area (TPSA) is 32.3 Å². The first-order valence-corrected chi connectivity index (χ1v) is 4.63. The molecule has 1 aliphatic rings. The highest BCUT2D eigenvalue weighted by Gasteiger charge is 2.33. The summed E-state index contributed by atoms with van der Waals surface area (Å²) in [5.41, 5.74) is 0. The van der Waals surface area contributed by atoms with Gasteiger partial charge in [-0.1, -0.05) is 13.8 Å². The summed E-state index contributed by atoms with van der Waals surface area (Å²) in [6, 6.07) is 0. The van der Waals surface area contributed by atoms with E-state index >= 15 is 0 Å². The van der Waals surface area contributed by atoms with Crippen molar-refractivity contribution in [3.63, 3.8) is 0 Å². The molecule has 0 bridgehead atoms. The fourth-order valence-corrected chi connectivity index (χ4v) is 1.85. The van der Waals surface area contributed by atoms with Gasteiger partial charge in [0.1, 0.15) is 0 Å². The summed E-state index contributed by atoms with van der Waals surface area (Å²) >= 11 is 0. The second kappa shape index (κ2) is 3.90. The van der Waals surface area contributed by atoms with Crippen molar-refractivity contribution in [2.75, 3.05) is 26.7 Å². The Labute approximate surface area is 74.1 Å². The Balaban J connectivity index is 2.51. The molecule has 0 spiro atoms. The zero-order valence-electron chi connectivity index (χ0n) is 8.13. The average molecular weight is 170 g/mol. The van der Waals surface area contributed by atoms with Crippen LogP contribution in [-0.2, 0) is 4.79 Å². The molecule has 0 aromatic carbocycles. The second-order valence-corrected chi connectivity index (χ2v) is 3.55. The normalized spacial score (nSPS) is 30.6. The number of hydrogen-bond donors (Lipinski definition) is 1. The number of nitrogens with zero attached hydrogens (tertiary/aromatic N) is 1. The van der Waals surface area contributed by atoms with Crippen LogP contribution in [0.15, 0.2) is 0 Å². The maximum atomic E-state index is 11.3. The lowest BCUT2D eigenvalue weighted by atomic mass is 9.98. The minimum absolute atomic E-state index is 0.193. The van der Waals surface area contributed by atoms with Crippen molar-refractivity contribution in [3.05, 3.63) is 0 Å². The van der Waals surface area contributed by atoms with Crippen LogP contribution in [0.25, 0.3) is 0 Å². The molecular formula is C9H18N2O. The third kappa shape index (κ3) is 1.78. The van der Waals surface area contributed by atoms with Gasteiger partial charge in [0.15, 0.2) is 0 Å². The van der Waals surface area contributed by atoms with Crippen molar-refractivity contribution in [2.24, 2.45) is 11.8 Å². The van der Waals surface area contributed by atoms with Gasteiger partial charge in [-0.05, 0) is 12.5 Å². The van der Waals surface area contributed by atoms with Gasteiger partial charge in [0, 0.05) is 20.1 Å². The number of rotatable bonds is 2. The molecule has 70 valence electrons. The van der Waals surface area contributed by atoms with Crippen LogP contribution >= 0.6 is 0 Å². The zero-order chi connectivity index (χ0) is 9.14. The van der Waals surface area contributed by atoms with E-state index in [1.54, 1.807) is 7.05 Å². The summed E-state index contributed by atoms with van der Waals surface area (Å²) in [5, 5.41) is 2.72. The van der Waals surface area contributed by atoms with E-state index in [0.717, 1.165) is 19.6 Å². The highest BCUT2D eigenvalue weighted by molar-refractivity contribution is 5.79. The average Bonchev–Trinajstić information content (AvgIpc) is 2.45. The van der Waals surface area contributed by atoms with E-state index in [9.17, 15) is 4.79 Å². The third-order valence-electron chi connectivity index (χ3n) is 2.72. The van der Waals surface area contributed by atoms with E-state index in [4.69, 9.17) is 0 Å². The lowest BCUT2D eigenvalue weighted by molar-refractivity contribution is -0.125. The molecule has 0 aliphatic carbocycles. The molecule has 3 nitrogen and oxygen atoms in total. The van der Waals surface area contributed by atoms with Crippen molar-refractivity contribution in [2.45, 2.75) is 13.8 Å². The smallest absolute Gasteiger partial charge is 0.224 e. The molecule has 1 heterocycles. The van der Waals surface area contributed by atoms with E-state index < -0.39 is 0 Å². The van der Waals surface area contributed by atoms with Crippen molar-refractivity contribution in [1.82, 2.24) is 10.2 Å². The number of carbonyl (C=O) groups is 1. The van der Waals surface area contributed by atoms with Gasteiger partial charge < -0.3 is 10.2 Å². The van der Waals surface area contributed by atoms with Crippen LogP contribution in [-0.4, -0.2) is 37.5 Å². The van der Waals surface area contributed by atoms with Crippen molar-refractivity contribution in [3.8, 4) is 0 Å². The van der Waals surface area contributed by atoms with Crippen molar-refractivity contribution >= 4 is 5.91 Å². The number of hydrogen-bond acceptors (Lipinski definition) is 2. The van der Waals surface area contributed by atoms with Crippen LogP contribution < -0.4 is 5.32 Å². The second-order valence-electron chi connectivity index (χ2n) is 3.55. The van der Waals surface area contributed by atoms with Crippen LogP contribution in [0.2, 0.25) is 0 Å². The Hall–Kier alpha value is -0.570. The molecule has 1 rings (SSSR count). The number of amides is 1. The van der Waals surface area contributed by atoms with Crippen molar-refractivity contribution in [1.29, 1.82) is 0 Å². The Morgan fingerprint density at radius 2 is 2.25 bits per heavy atom. The maximum absolute atomic E-state index is 11.3. The van der Waals surface area contributed by atoms with Gasteiger partial charge in [0.25, 0.3) is 0 Å². The molecule has 3 heteroatoms. The summed E-state index contributed by atoms with van der Waals surface area (Å²) in [4.78, 5) is 13.7. The highest BCUT2D eigenvalue weighted by atomic mass is 16.1. The molecule has 0 radical (unpaired) electrons. The first kappa shape index (κ1) is 9.52. The first-order chi connectivity index (χ1) is 5.69. The van der Waals surface area contributed by atoms with Crippen LogP contribution in [0, 0.1) is 11.8 Å². The van der Waals surface area contributed by atoms with E-state index in [2.05, 4.69) is 24.1 Å². The molecule has 1 N–H and O–H groups in total. The quantitative estimate of drug-likeness (QED) is 0.647. The van der Waals surface area contributed by atoms with Gasteiger partial charge in [-0.2, -0.15) is 0 Å². The molecule has 1 amide bonds. The summed E-state index contributed by atoms with van der Waals surface area (Å²) in [6.07, 6.45) is 0. The zero-order valence-corrected chi connectivity index (χ0v) is 8.13. The van der Waals surface area contributed by atoms with Crippen molar-refractivity contribution < 1.29 is 4.79 Å². The monoisotopic (exact) mass is 170 g/mol. The van der Waals surface area contributed by atoms with E-state index in [1.807, 2.05) is 0 Å². The molecule has 12 heavy (non-hydrogen) atoms. The molecule has 1 aliphatic heterocycles. The van der Waals surface area contributed by atoms with Gasteiger partial charge in [-0.25, -0.2) is 0 Å². The summed E-state index contributed by atoms with van der Waals surface area (Å²) in [5.74, 6) is 0.901. The molecular weight excluding hydrogens is 152 g/mol. The van der Waals surface area contributed by atoms with Crippen LogP contribution in [0.4, 0.5) is 0 Å². The molecule has 2 atom stereocenters. The molecule has 1 saturated heterocycles. The first-order valence-electron chi connectivity index (χ1n) is 4.63. The fraction of sp³-hybridized carbons (Fsp3) is 0.889. The van der Waals surface area contributed by atoms with Crippen LogP contribution in [0.3, 0.4) is 0 Å². The Kier molecular flexibility index (Phi) is 3.09. The Bertz CT molecular complexity index is 170. The number of nitrogens with one attached hydrogen (secondary N) is 1. The summed E-state index contributed by atoms with van der Waals surface area (Å²) in [6.45, 7) is 7.33. The fourth-order valence-electron chi connectivity index (χ4n) is 1.85. The molecule has 0 aromatic rings. The maximum Gasteiger partial charge on any atom is 0.224 e. The summed E-state index contributed by atoms with van der Waals surface area (Å²) < 4.78 is 0. The lowest BCUT2D eigenvalue weighted by Gasteiger charge is -2.12.